The summed E-state index contributed by atoms with van der Waals surface area (Å²) in [6, 6.07) is 3.52. The SMILES string of the molecule is C[C@@H](NC(=O)c1ccc(CNC(=O)CCCCNC(=O)[C@H](CCCN=C(N)N)NC(=O)CCCCCC(=O)N[C@@H](CCCCNC(=O)CN2CCN(CC(=O)O)CCN(CC(N)=O)CCN(CC(=O)O)CC2)C(=O)O)cc1)C(=O)N1CCC[C@H]1B(O)O. The second kappa shape index (κ2) is 40.8. The smallest absolute Gasteiger partial charge is 0.475 e. The molecule has 0 bridgehead atoms. The molecule has 17 N–H and O–H groups in total. The standard InChI is InChI=1S/C55H92BN15O16/c1-38(53(83)71-24-10-13-43(71)56(86)87)64-51(81)40-19-17-39(18-20-40)33-63-45(73)14-6-8-22-61-52(82)41(12-9-23-62-55(58)59)65-46(74)15-3-2-4-16-47(75)66-42(54(84)85)11-5-7-21-60-48(76)35-68-27-31-69(36-49(77)78)29-25-67(34-44(57)72)26-30-70(32-28-68)37-50(79)80/h17-20,38,41-43,86-87H,2-16,21-37H2,1H3,(H2,57,72)(H,60,76)(H,61,82)(H,63,73)(H,64,81)(H,65,74)(H,66,75)(H,77,78)(H,79,80)(H,84,85)(H4,58,59,62)/t38-,41+,42+,43+/m1/s1. The maximum Gasteiger partial charge on any atom is 0.475 e. The molecule has 0 unspecified atom stereocenters. The van der Waals surface area contributed by atoms with Crippen LogP contribution in [0, 0.1) is 0 Å². The molecule has 8 amide bonds. The number of nitrogens with zero attached hydrogens (tertiary/aromatic N) is 6. The van der Waals surface area contributed by atoms with Gasteiger partial charge in [-0.3, -0.25) is 72.5 Å². The van der Waals surface area contributed by atoms with Crippen molar-refractivity contribution in [1.29, 1.82) is 0 Å². The monoisotopic (exact) mass is 1230 g/mol. The van der Waals surface area contributed by atoms with Crippen molar-refractivity contribution in [3.63, 3.8) is 0 Å². The lowest BCUT2D eigenvalue weighted by molar-refractivity contribution is -0.142. The molecule has 2 aliphatic heterocycles. The Hall–Kier alpha value is -7.52. The summed E-state index contributed by atoms with van der Waals surface area (Å²) in [4.78, 5) is 150. The molecule has 1 aromatic rings. The Morgan fingerprint density at radius 2 is 1.08 bits per heavy atom. The zero-order valence-corrected chi connectivity index (χ0v) is 50.0. The molecule has 0 aliphatic carbocycles. The van der Waals surface area contributed by atoms with Crippen LogP contribution in [0.2, 0.25) is 0 Å². The van der Waals surface area contributed by atoms with Gasteiger partial charge in [-0.05, 0) is 95.2 Å². The predicted molar refractivity (Wildman–Crippen MR) is 319 cm³/mol. The van der Waals surface area contributed by atoms with Crippen molar-refractivity contribution in [3.8, 4) is 0 Å². The van der Waals surface area contributed by atoms with E-state index in [1.807, 2.05) is 0 Å². The summed E-state index contributed by atoms with van der Waals surface area (Å²) < 4.78 is 0. The summed E-state index contributed by atoms with van der Waals surface area (Å²) >= 11 is 0. The highest BCUT2D eigenvalue weighted by Gasteiger charge is 2.38. The number of hydrogen-bond acceptors (Lipinski definition) is 18. The Labute approximate surface area is 507 Å². The number of likely N-dealkylation sites (tertiary alicyclic amines) is 1. The summed E-state index contributed by atoms with van der Waals surface area (Å²) in [5.41, 5.74) is 17.3. The average Bonchev–Trinajstić information content (AvgIpc) is 3.05. The number of unbranched alkanes of at least 4 members (excludes halogenated alkanes) is 4. The molecule has 2 saturated heterocycles. The van der Waals surface area contributed by atoms with Crippen molar-refractivity contribution in [2.45, 2.75) is 134 Å². The molecular weight excluding hydrogens is 1140 g/mol. The van der Waals surface area contributed by atoms with Gasteiger partial charge in [0.2, 0.25) is 41.4 Å². The average molecular weight is 1230 g/mol. The first kappa shape index (κ1) is 73.7. The number of guanidine groups is 1. The highest BCUT2D eigenvalue weighted by molar-refractivity contribution is 6.43. The number of benzene rings is 1. The van der Waals surface area contributed by atoms with Gasteiger partial charge in [-0.1, -0.05) is 18.6 Å². The van der Waals surface area contributed by atoms with E-state index in [1.165, 1.54) is 11.8 Å². The number of nitrogens with two attached hydrogens (primary N) is 3. The lowest BCUT2D eigenvalue weighted by Gasteiger charge is -2.33. The van der Waals surface area contributed by atoms with Crippen molar-refractivity contribution in [3.05, 3.63) is 35.4 Å². The molecule has 4 atom stereocenters. The van der Waals surface area contributed by atoms with Crippen LogP contribution in [0.25, 0.3) is 0 Å². The van der Waals surface area contributed by atoms with Crippen LogP contribution in [-0.2, 0) is 54.5 Å². The minimum absolute atomic E-state index is 0.00823. The van der Waals surface area contributed by atoms with Crippen LogP contribution in [0.5, 0.6) is 0 Å². The number of aliphatic imine (C=N–C) groups is 1. The van der Waals surface area contributed by atoms with Crippen molar-refractivity contribution >= 4 is 78.2 Å². The summed E-state index contributed by atoms with van der Waals surface area (Å²) in [6.07, 6.45) is 4.89. The fraction of sp³-hybridized carbons (Fsp3) is 0.673. The van der Waals surface area contributed by atoms with Crippen LogP contribution in [0.4, 0.5) is 0 Å². The molecule has 0 saturated carbocycles. The molecule has 87 heavy (non-hydrogen) atoms. The zero-order valence-electron chi connectivity index (χ0n) is 50.0. The van der Waals surface area contributed by atoms with Crippen LogP contribution in [-0.4, -0.2) is 257 Å². The van der Waals surface area contributed by atoms with E-state index >= 15 is 0 Å². The van der Waals surface area contributed by atoms with Crippen molar-refractivity contribution in [2.24, 2.45) is 22.2 Å². The quantitative estimate of drug-likeness (QED) is 0.0130. The molecule has 32 heteroatoms. The number of carbonyl (C=O) groups is 11. The molecule has 2 aliphatic rings. The fourth-order valence-electron chi connectivity index (χ4n) is 9.86. The van der Waals surface area contributed by atoms with Gasteiger partial charge < -0.3 is 79.4 Å². The lowest BCUT2D eigenvalue weighted by Crippen LogP contribution is -2.52. The molecule has 0 aromatic heterocycles. The topological polar surface area (TPSA) is 468 Å². The van der Waals surface area contributed by atoms with Gasteiger partial charge in [-0.2, -0.15) is 0 Å². The van der Waals surface area contributed by atoms with Gasteiger partial charge in [0, 0.05) is 110 Å². The summed E-state index contributed by atoms with van der Waals surface area (Å²) in [6.45, 7) is 4.43. The number of aliphatic carboxylic acids is 3. The van der Waals surface area contributed by atoms with E-state index in [-0.39, 0.29) is 128 Å². The maximum atomic E-state index is 13.2. The summed E-state index contributed by atoms with van der Waals surface area (Å²) in [5.74, 6) is -7.47. The zero-order chi connectivity index (χ0) is 64.3. The highest BCUT2D eigenvalue weighted by Crippen LogP contribution is 2.19. The van der Waals surface area contributed by atoms with E-state index in [2.05, 4.69) is 36.9 Å². The van der Waals surface area contributed by atoms with Crippen LogP contribution in [0.3, 0.4) is 0 Å². The number of hydrogen-bond donors (Lipinski definition) is 14. The molecule has 3 rings (SSSR count). The van der Waals surface area contributed by atoms with E-state index in [0.29, 0.717) is 102 Å². The second-order valence-corrected chi connectivity index (χ2v) is 21.9. The number of amides is 8. The van der Waals surface area contributed by atoms with E-state index in [1.54, 1.807) is 43.9 Å². The Balaban J connectivity index is 1.34. The molecule has 486 valence electrons. The normalized spacial score (nSPS) is 16.5. The molecular formula is C55H92BN15O16. The van der Waals surface area contributed by atoms with Crippen molar-refractivity contribution in [2.75, 3.05) is 105 Å². The number of carbonyl (C=O) groups excluding carboxylic acids is 8. The Morgan fingerprint density at radius 1 is 0.575 bits per heavy atom. The largest absolute Gasteiger partial charge is 0.480 e. The molecule has 31 nitrogen and oxygen atoms in total. The van der Waals surface area contributed by atoms with Gasteiger partial charge in [-0.25, -0.2) is 4.79 Å². The summed E-state index contributed by atoms with van der Waals surface area (Å²) in [5, 5.41) is 64.4. The third-order valence-corrected chi connectivity index (χ3v) is 14.7. The third kappa shape index (κ3) is 31.6. The maximum absolute atomic E-state index is 13.2. The predicted octanol–water partition coefficient (Wildman–Crippen LogP) is -4.07. The van der Waals surface area contributed by atoms with E-state index in [4.69, 9.17) is 17.2 Å². The van der Waals surface area contributed by atoms with Crippen molar-refractivity contribution < 1.29 is 78.1 Å². The molecule has 1 aromatic carbocycles. The van der Waals surface area contributed by atoms with Crippen LogP contribution in [0.1, 0.15) is 119 Å². The molecule has 2 heterocycles. The highest BCUT2D eigenvalue weighted by atomic mass is 16.4. The number of nitrogens with one attached hydrogen (secondary N) is 6. The van der Waals surface area contributed by atoms with Crippen LogP contribution >= 0.6 is 0 Å². The Morgan fingerprint density at radius 3 is 1.62 bits per heavy atom. The van der Waals surface area contributed by atoms with Gasteiger partial charge in [0.15, 0.2) is 5.96 Å². The first-order chi connectivity index (χ1) is 41.4. The van der Waals surface area contributed by atoms with E-state index < -0.39 is 84.5 Å². The van der Waals surface area contributed by atoms with Gasteiger partial charge in [0.1, 0.15) is 18.1 Å². The third-order valence-electron chi connectivity index (χ3n) is 14.7. The Kier molecular flexibility index (Phi) is 34.6. The molecule has 0 spiro atoms. The van der Waals surface area contributed by atoms with Gasteiger partial charge in [0.05, 0.1) is 32.1 Å². The number of carboxylic acid groups (broad SMARTS) is 3. The first-order valence-corrected chi connectivity index (χ1v) is 29.8. The van der Waals surface area contributed by atoms with Crippen LogP contribution in [0.15, 0.2) is 29.3 Å². The number of carboxylic acids is 3. The lowest BCUT2D eigenvalue weighted by atomic mass is 9.78. The fourth-order valence-corrected chi connectivity index (χ4v) is 9.86. The van der Waals surface area contributed by atoms with Gasteiger partial charge >= 0.3 is 25.0 Å². The molecule has 2 fully saturated rings. The minimum Gasteiger partial charge on any atom is -0.480 e. The Bertz CT molecular complexity index is 2410. The van der Waals surface area contributed by atoms with Crippen molar-refractivity contribution in [1.82, 2.24) is 56.4 Å². The number of rotatable bonds is 38. The first-order valence-electron chi connectivity index (χ1n) is 29.8. The second-order valence-electron chi connectivity index (χ2n) is 21.9. The van der Waals surface area contributed by atoms with Gasteiger partial charge in [0.25, 0.3) is 5.91 Å². The molecule has 0 radical (unpaired) electrons. The minimum atomic E-state index is -1.67. The number of primary amides is 1. The van der Waals surface area contributed by atoms with E-state index in [9.17, 15) is 78.1 Å². The summed E-state index contributed by atoms with van der Waals surface area (Å²) in [7, 11) is -1.67. The van der Waals surface area contributed by atoms with E-state index in [0.717, 1.165) is 5.56 Å². The van der Waals surface area contributed by atoms with Gasteiger partial charge in [-0.15, -0.1) is 0 Å². The van der Waals surface area contributed by atoms with Crippen LogP contribution < -0.4 is 49.1 Å².